The second-order valence-electron chi connectivity index (χ2n) is 7.86. The van der Waals surface area contributed by atoms with Crippen LogP contribution in [0.15, 0.2) is 53.4 Å². The van der Waals surface area contributed by atoms with Gasteiger partial charge in [0, 0.05) is 36.9 Å². The summed E-state index contributed by atoms with van der Waals surface area (Å²) in [6, 6.07) is 11.8. The van der Waals surface area contributed by atoms with Gasteiger partial charge in [-0.15, -0.1) is 0 Å². The third-order valence-electron chi connectivity index (χ3n) is 5.11. The average Bonchev–Trinajstić information content (AvgIpc) is 2.81. The number of aromatic nitrogens is 1. The van der Waals surface area contributed by atoms with E-state index >= 15 is 0 Å². The van der Waals surface area contributed by atoms with E-state index in [4.69, 9.17) is 21.4 Å². The molecule has 2 aromatic carbocycles. The van der Waals surface area contributed by atoms with E-state index < -0.39 is 22.0 Å². The van der Waals surface area contributed by atoms with Crippen molar-refractivity contribution in [2.24, 2.45) is 0 Å². The molecule has 0 saturated heterocycles. The number of aliphatic carboxylic acids is 1. The van der Waals surface area contributed by atoms with Crippen LogP contribution in [0.25, 0.3) is 10.9 Å². The molecule has 190 valence electrons. The molecule has 0 bridgehead atoms. The molecule has 0 aliphatic rings. The lowest BCUT2D eigenvalue weighted by Gasteiger charge is -2.17. The number of anilines is 1. The summed E-state index contributed by atoms with van der Waals surface area (Å²) in [4.78, 5) is 37.6. The van der Waals surface area contributed by atoms with Gasteiger partial charge in [-0.2, -0.15) is 0 Å². The maximum Gasteiger partial charge on any atom is 0.303 e. The first-order valence-electron chi connectivity index (χ1n) is 10.9. The van der Waals surface area contributed by atoms with Gasteiger partial charge in [0.1, 0.15) is 22.1 Å². The largest absolute Gasteiger partial charge is 0.492 e. The number of fused-ring (bicyclic) bond motifs is 1. The third-order valence-corrected chi connectivity index (χ3v) is 6.85. The number of nitrogens with zero attached hydrogens (tertiary/aromatic N) is 1. The average molecular weight is 534 g/mol. The van der Waals surface area contributed by atoms with Gasteiger partial charge in [-0.25, -0.2) is 18.1 Å². The Kier molecular flexibility index (Phi) is 8.97. The Bertz CT molecular complexity index is 1400. The highest BCUT2D eigenvalue weighted by atomic mass is 35.5. The van der Waals surface area contributed by atoms with Gasteiger partial charge in [0.05, 0.1) is 18.2 Å². The van der Waals surface area contributed by atoms with Crippen LogP contribution in [-0.2, 0) is 30.8 Å². The number of carbonyl (C=O) groups excluding carboxylic acids is 2. The minimum absolute atomic E-state index is 0.0435. The SMILES string of the molecule is CC(=O)Nc1ccc(S(=O)(=O)N[C@H](C=O)CCC(=O)O)c(OCCc2cccc3nc(Cl)ccc23)c1. The minimum atomic E-state index is -4.27. The maximum absolute atomic E-state index is 13.0. The van der Waals surface area contributed by atoms with Crippen molar-refractivity contribution in [2.45, 2.75) is 37.1 Å². The van der Waals surface area contributed by atoms with E-state index in [0.29, 0.717) is 29.1 Å². The zero-order valence-corrected chi connectivity index (χ0v) is 20.8. The van der Waals surface area contributed by atoms with E-state index in [9.17, 15) is 22.8 Å². The second kappa shape index (κ2) is 11.9. The lowest BCUT2D eigenvalue weighted by molar-refractivity contribution is -0.137. The first-order chi connectivity index (χ1) is 17.1. The molecule has 1 atom stereocenters. The van der Waals surface area contributed by atoms with Crippen LogP contribution in [0, 0.1) is 0 Å². The number of sulfonamides is 1. The number of nitrogens with one attached hydrogen (secondary N) is 2. The number of aldehydes is 1. The fourth-order valence-corrected chi connectivity index (χ4v) is 4.99. The zero-order valence-electron chi connectivity index (χ0n) is 19.2. The normalized spacial score (nSPS) is 12.2. The molecule has 0 saturated carbocycles. The van der Waals surface area contributed by atoms with E-state index in [1.165, 1.54) is 25.1 Å². The lowest BCUT2D eigenvalue weighted by Crippen LogP contribution is -2.36. The summed E-state index contributed by atoms with van der Waals surface area (Å²) in [6.45, 7) is 1.40. The van der Waals surface area contributed by atoms with E-state index in [1.807, 2.05) is 24.3 Å². The van der Waals surface area contributed by atoms with Crippen molar-refractivity contribution >= 4 is 56.4 Å². The highest BCUT2D eigenvalue weighted by Crippen LogP contribution is 2.29. The topological polar surface area (TPSA) is 152 Å². The van der Waals surface area contributed by atoms with Gasteiger partial charge in [-0.1, -0.05) is 23.7 Å². The number of ether oxygens (including phenoxy) is 1. The van der Waals surface area contributed by atoms with Gasteiger partial charge in [-0.3, -0.25) is 9.59 Å². The first kappa shape index (κ1) is 27.1. The number of rotatable bonds is 12. The van der Waals surface area contributed by atoms with Crippen LogP contribution in [0.5, 0.6) is 5.75 Å². The molecule has 0 fully saturated rings. The fourth-order valence-electron chi connectivity index (χ4n) is 3.50. The van der Waals surface area contributed by atoms with E-state index in [1.54, 1.807) is 6.07 Å². The Morgan fingerprint density at radius 2 is 1.97 bits per heavy atom. The fraction of sp³-hybridized carbons (Fsp3) is 0.250. The molecule has 0 aliphatic heterocycles. The Morgan fingerprint density at radius 1 is 1.19 bits per heavy atom. The van der Waals surface area contributed by atoms with Gasteiger partial charge in [-0.05, 0) is 42.3 Å². The molecule has 12 heteroatoms. The molecule has 0 unspecified atom stereocenters. The van der Waals surface area contributed by atoms with E-state index in [0.717, 1.165) is 10.9 Å². The highest BCUT2D eigenvalue weighted by molar-refractivity contribution is 7.89. The predicted octanol–water partition coefficient (Wildman–Crippen LogP) is 3.18. The molecule has 0 spiro atoms. The molecule has 3 N–H and O–H groups in total. The molecule has 10 nitrogen and oxygen atoms in total. The Balaban J connectivity index is 1.85. The summed E-state index contributed by atoms with van der Waals surface area (Å²) in [5, 5.41) is 12.6. The Hall–Kier alpha value is -3.54. The van der Waals surface area contributed by atoms with Crippen molar-refractivity contribution in [3.63, 3.8) is 0 Å². The molecule has 36 heavy (non-hydrogen) atoms. The number of hydrogen-bond donors (Lipinski definition) is 3. The van der Waals surface area contributed by atoms with Crippen molar-refractivity contribution in [1.82, 2.24) is 9.71 Å². The molecular formula is C24H24ClN3O7S. The minimum Gasteiger partial charge on any atom is -0.492 e. The van der Waals surface area contributed by atoms with Gasteiger partial charge < -0.3 is 20.0 Å². The molecule has 3 aromatic rings. The van der Waals surface area contributed by atoms with Gasteiger partial charge in [0.15, 0.2) is 0 Å². The number of carbonyl (C=O) groups is 3. The monoisotopic (exact) mass is 533 g/mol. The van der Waals surface area contributed by atoms with Crippen LogP contribution < -0.4 is 14.8 Å². The number of hydrogen-bond acceptors (Lipinski definition) is 7. The molecular weight excluding hydrogens is 510 g/mol. The Morgan fingerprint density at radius 3 is 2.67 bits per heavy atom. The van der Waals surface area contributed by atoms with Crippen molar-refractivity contribution in [1.29, 1.82) is 0 Å². The summed E-state index contributed by atoms with van der Waals surface area (Å²) in [5.41, 5.74) is 1.94. The van der Waals surface area contributed by atoms with Gasteiger partial charge in [0.2, 0.25) is 15.9 Å². The second-order valence-corrected chi connectivity index (χ2v) is 9.92. The number of pyridine rings is 1. The lowest BCUT2D eigenvalue weighted by atomic mass is 10.1. The number of amides is 1. The number of carboxylic acid groups (broad SMARTS) is 1. The number of benzene rings is 2. The summed E-state index contributed by atoms with van der Waals surface area (Å²) >= 11 is 5.97. The van der Waals surface area contributed by atoms with Crippen LogP contribution >= 0.6 is 11.6 Å². The van der Waals surface area contributed by atoms with Crippen LogP contribution in [0.3, 0.4) is 0 Å². The maximum atomic E-state index is 13.0. The molecule has 0 aliphatic carbocycles. The molecule has 0 radical (unpaired) electrons. The first-order valence-corrected chi connectivity index (χ1v) is 12.7. The summed E-state index contributed by atoms with van der Waals surface area (Å²) in [7, 11) is -4.27. The predicted molar refractivity (Wildman–Crippen MR) is 134 cm³/mol. The third kappa shape index (κ3) is 7.23. The Labute approximate surface area is 212 Å². The van der Waals surface area contributed by atoms with Crippen LogP contribution in [-0.4, -0.2) is 49.3 Å². The van der Waals surface area contributed by atoms with Crippen molar-refractivity contribution in [3.05, 3.63) is 59.2 Å². The van der Waals surface area contributed by atoms with Crippen molar-refractivity contribution in [2.75, 3.05) is 11.9 Å². The molecule has 1 heterocycles. The zero-order chi connectivity index (χ0) is 26.3. The highest BCUT2D eigenvalue weighted by Gasteiger charge is 2.24. The van der Waals surface area contributed by atoms with Crippen molar-refractivity contribution in [3.8, 4) is 5.75 Å². The summed E-state index contributed by atoms with van der Waals surface area (Å²) < 4.78 is 34.1. The number of carboxylic acids is 1. The van der Waals surface area contributed by atoms with E-state index in [2.05, 4.69) is 15.0 Å². The summed E-state index contributed by atoms with van der Waals surface area (Å²) in [6.07, 6.45) is 0.153. The van der Waals surface area contributed by atoms with Gasteiger partial charge >= 0.3 is 5.97 Å². The van der Waals surface area contributed by atoms with Crippen LogP contribution in [0.1, 0.15) is 25.3 Å². The standard InChI is InChI=1S/C24H24ClN3O7S/c1-15(30)26-17-5-8-22(36(33,34)28-18(14-29)6-10-24(31)32)21(13-17)35-12-11-16-3-2-4-20-19(16)7-9-23(25)27-20/h2-5,7-9,13-14,18,28H,6,10-12H2,1H3,(H,26,30)(H,31,32)/t18-/m0/s1. The molecule has 1 aromatic heterocycles. The van der Waals surface area contributed by atoms with Crippen LogP contribution in [0.4, 0.5) is 5.69 Å². The van der Waals surface area contributed by atoms with Gasteiger partial charge in [0.25, 0.3) is 0 Å². The smallest absolute Gasteiger partial charge is 0.303 e. The van der Waals surface area contributed by atoms with Crippen LogP contribution in [0.2, 0.25) is 5.15 Å². The molecule has 1 amide bonds. The van der Waals surface area contributed by atoms with E-state index in [-0.39, 0.29) is 36.0 Å². The van der Waals surface area contributed by atoms with Crippen molar-refractivity contribution < 1.29 is 32.6 Å². The number of halogens is 1. The summed E-state index contributed by atoms with van der Waals surface area (Å²) in [5.74, 6) is -1.56. The molecule has 3 rings (SSSR count). The quantitative estimate of drug-likeness (QED) is 0.237.